The van der Waals surface area contributed by atoms with Gasteiger partial charge < -0.3 is 14.8 Å². The van der Waals surface area contributed by atoms with Gasteiger partial charge in [-0.1, -0.05) is 0 Å². The van der Waals surface area contributed by atoms with Gasteiger partial charge in [0.25, 0.3) is 0 Å². The van der Waals surface area contributed by atoms with Gasteiger partial charge in [-0.05, 0) is 26.0 Å². The first-order chi connectivity index (χ1) is 7.83. The van der Waals surface area contributed by atoms with Crippen LogP contribution in [0.3, 0.4) is 0 Å². The normalized spacial score (nSPS) is 10.9. The van der Waals surface area contributed by atoms with E-state index in [0.717, 1.165) is 26.3 Å². The van der Waals surface area contributed by atoms with Gasteiger partial charge in [-0.3, -0.25) is 0 Å². The van der Waals surface area contributed by atoms with Crippen LogP contribution < -0.4 is 5.32 Å². The smallest absolute Gasteiger partial charge is 0.0701 e. The molecule has 0 aromatic carbocycles. The number of rotatable bonds is 9. The summed E-state index contributed by atoms with van der Waals surface area (Å²) in [6, 6.07) is 4.32. The fourth-order valence-corrected chi connectivity index (χ4v) is 2.16. The molecule has 0 radical (unpaired) electrons. The SMILES string of the molecule is CCOCCOCCNCc1ccc(C)s1. The van der Waals surface area contributed by atoms with Gasteiger partial charge in [0, 0.05) is 29.5 Å². The lowest BCUT2D eigenvalue weighted by Gasteiger charge is -2.05. The quantitative estimate of drug-likeness (QED) is 0.674. The predicted octanol–water partition coefficient (Wildman–Crippen LogP) is 2.20. The molecule has 1 heterocycles. The second-order valence-electron chi connectivity index (χ2n) is 3.50. The summed E-state index contributed by atoms with van der Waals surface area (Å²) in [6.45, 7) is 8.84. The summed E-state index contributed by atoms with van der Waals surface area (Å²) in [6.07, 6.45) is 0. The molecule has 0 fully saturated rings. The molecule has 92 valence electrons. The van der Waals surface area contributed by atoms with Crippen LogP contribution in [0.5, 0.6) is 0 Å². The molecule has 4 heteroatoms. The summed E-state index contributed by atoms with van der Waals surface area (Å²) in [5, 5.41) is 3.35. The van der Waals surface area contributed by atoms with Gasteiger partial charge in [0.2, 0.25) is 0 Å². The van der Waals surface area contributed by atoms with Crippen LogP contribution in [0.25, 0.3) is 0 Å². The molecule has 0 saturated heterocycles. The van der Waals surface area contributed by atoms with Crippen molar-refractivity contribution in [3.8, 4) is 0 Å². The number of hydrogen-bond acceptors (Lipinski definition) is 4. The molecule has 0 aliphatic carbocycles. The van der Waals surface area contributed by atoms with Crippen molar-refractivity contribution in [1.82, 2.24) is 5.32 Å². The van der Waals surface area contributed by atoms with Gasteiger partial charge in [0.15, 0.2) is 0 Å². The number of ether oxygens (including phenoxy) is 2. The Morgan fingerprint density at radius 1 is 1.19 bits per heavy atom. The molecule has 1 rings (SSSR count). The van der Waals surface area contributed by atoms with Crippen LogP contribution in [0, 0.1) is 6.92 Å². The number of hydrogen-bond donors (Lipinski definition) is 1. The minimum absolute atomic E-state index is 0.688. The molecule has 0 aliphatic rings. The summed E-state index contributed by atoms with van der Waals surface area (Å²) in [5.74, 6) is 0. The Morgan fingerprint density at radius 2 is 2.00 bits per heavy atom. The Bertz CT molecular complexity index is 276. The third-order valence-electron chi connectivity index (χ3n) is 2.09. The van der Waals surface area contributed by atoms with Gasteiger partial charge in [-0.25, -0.2) is 0 Å². The minimum Gasteiger partial charge on any atom is -0.379 e. The van der Waals surface area contributed by atoms with Crippen molar-refractivity contribution in [2.75, 3.05) is 33.0 Å². The zero-order valence-electron chi connectivity index (χ0n) is 10.1. The number of aryl methyl sites for hydroxylation is 1. The van der Waals surface area contributed by atoms with Gasteiger partial charge in [0.05, 0.1) is 19.8 Å². The molecule has 0 bridgehead atoms. The Labute approximate surface area is 102 Å². The summed E-state index contributed by atoms with van der Waals surface area (Å²) >= 11 is 1.84. The van der Waals surface area contributed by atoms with Crippen LogP contribution in [0.1, 0.15) is 16.7 Å². The maximum atomic E-state index is 5.39. The highest BCUT2D eigenvalue weighted by molar-refractivity contribution is 7.11. The lowest BCUT2D eigenvalue weighted by Crippen LogP contribution is -2.19. The van der Waals surface area contributed by atoms with E-state index in [1.807, 2.05) is 18.3 Å². The van der Waals surface area contributed by atoms with Crippen LogP contribution >= 0.6 is 11.3 Å². The number of thiophene rings is 1. The summed E-state index contributed by atoms with van der Waals surface area (Å²) in [4.78, 5) is 2.75. The first-order valence-corrected chi connectivity index (χ1v) is 6.56. The van der Waals surface area contributed by atoms with E-state index in [-0.39, 0.29) is 0 Å². The van der Waals surface area contributed by atoms with Crippen LogP contribution in [0.15, 0.2) is 12.1 Å². The van der Waals surface area contributed by atoms with Crippen LogP contribution in [0.4, 0.5) is 0 Å². The Morgan fingerprint density at radius 3 is 2.69 bits per heavy atom. The maximum absolute atomic E-state index is 5.39. The lowest BCUT2D eigenvalue weighted by molar-refractivity contribution is 0.0539. The largest absolute Gasteiger partial charge is 0.379 e. The highest BCUT2D eigenvalue weighted by atomic mass is 32.1. The van der Waals surface area contributed by atoms with Gasteiger partial charge in [-0.2, -0.15) is 0 Å². The van der Waals surface area contributed by atoms with Gasteiger partial charge in [0.1, 0.15) is 0 Å². The van der Waals surface area contributed by atoms with E-state index in [4.69, 9.17) is 9.47 Å². The summed E-state index contributed by atoms with van der Waals surface area (Å²) in [7, 11) is 0. The second-order valence-corrected chi connectivity index (χ2v) is 4.87. The lowest BCUT2D eigenvalue weighted by atomic mass is 10.4. The van der Waals surface area contributed by atoms with Crippen molar-refractivity contribution >= 4 is 11.3 Å². The average molecular weight is 243 g/mol. The zero-order chi connectivity index (χ0) is 11.6. The van der Waals surface area contributed by atoms with E-state index in [0.29, 0.717) is 13.2 Å². The number of nitrogens with one attached hydrogen (secondary N) is 1. The minimum atomic E-state index is 0.688. The molecule has 0 spiro atoms. The van der Waals surface area contributed by atoms with Crippen LogP contribution in [-0.2, 0) is 16.0 Å². The Hall–Kier alpha value is -0.420. The monoisotopic (exact) mass is 243 g/mol. The molecule has 0 unspecified atom stereocenters. The van der Waals surface area contributed by atoms with Crippen molar-refractivity contribution in [3.63, 3.8) is 0 Å². The first kappa shape index (κ1) is 13.6. The molecule has 0 aliphatic heterocycles. The molecule has 16 heavy (non-hydrogen) atoms. The maximum Gasteiger partial charge on any atom is 0.0701 e. The fourth-order valence-electron chi connectivity index (χ4n) is 1.30. The molecular weight excluding hydrogens is 222 g/mol. The van der Waals surface area contributed by atoms with E-state index < -0.39 is 0 Å². The summed E-state index contributed by atoms with van der Waals surface area (Å²) in [5.41, 5.74) is 0. The van der Waals surface area contributed by atoms with Crippen molar-refractivity contribution in [3.05, 3.63) is 21.9 Å². The van der Waals surface area contributed by atoms with E-state index in [9.17, 15) is 0 Å². The molecular formula is C12H21NO2S. The predicted molar refractivity (Wildman–Crippen MR) is 68.1 cm³/mol. The third-order valence-corrected chi connectivity index (χ3v) is 3.10. The average Bonchev–Trinajstić information content (AvgIpc) is 2.68. The fraction of sp³-hybridized carbons (Fsp3) is 0.667. The highest BCUT2D eigenvalue weighted by Gasteiger charge is 1.95. The molecule has 0 saturated carbocycles. The van der Waals surface area contributed by atoms with E-state index in [1.54, 1.807) is 0 Å². The molecule has 0 atom stereocenters. The van der Waals surface area contributed by atoms with Crippen LogP contribution in [0.2, 0.25) is 0 Å². The highest BCUT2D eigenvalue weighted by Crippen LogP contribution is 2.14. The van der Waals surface area contributed by atoms with E-state index in [1.165, 1.54) is 9.75 Å². The third kappa shape index (κ3) is 6.23. The standard InChI is InChI=1S/C12H21NO2S/c1-3-14-8-9-15-7-6-13-10-12-5-4-11(2)16-12/h4-5,13H,3,6-10H2,1-2H3. The van der Waals surface area contributed by atoms with Crippen molar-refractivity contribution in [1.29, 1.82) is 0 Å². The Balaban J connectivity index is 1.88. The van der Waals surface area contributed by atoms with E-state index in [2.05, 4.69) is 24.4 Å². The van der Waals surface area contributed by atoms with Crippen molar-refractivity contribution in [2.45, 2.75) is 20.4 Å². The molecule has 0 amide bonds. The van der Waals surface area contributed by atoms with Crippen molar-refractivity contribution in [2.24, 2.45) is 0 Å². The molecule has 3 nitrogen and oxygen atoms in total. The molecule has 1 N–H and O–H groups in total. The van der Waals surface area contributed by atoms with E-state index >= 15 is 0 Å². The zero-order valence-corrected chi connectivity index (χ0v) is 10.9. The Kier molecular flexibility index (Phi) is 7.42. The van der Waals surface area contributed by atoms with Gasteiger partial charge >= 0.3 is 0 Å². The topological polar surface area (TPSA) is 30.5 Å². The second kappa shape index (κ2) is 8.70. The van der Waals surface area contributed by atoms with Crippen LogP contribution in [-0.4, -0.2) is 33.0 Å². The molecule has 1 aromatic rings. The van der Waals surface area contributed by atoms with Crippen molar-refractivity contribution < 1.29 is 9.47 Å². The first-order valence-electron chi connectivity index (χ1n) is 5.74. The molecule has 1 aromatic heterocycles. The summed E-state index contributed by atoms with van der Waals surface area (Å²) < 4.78 is 10.6. The van der Waals surface area contributed by atoms with Gasteiger partial charge in [-0.15, -0.1) is 11.3 Å².